The topological polar surface area (TPSA) is 63.9 Å². The molecule has 0 bridgehead atoms. The van der Waals surface area contributed by atoms with Crippen LogP contribution in [0.2, 0.25) is 5.02 Å². The number of carbonyl (C=O) groups is 1. The maximum absolute atomic E-state index is 12.4. The Balaban J connectivity index is 1.54. The number of anilines is 2. The van der Waals surface area contributed by atoms with Gasteiger partial charge in [0.1, 0.15) is 0 Å². The lowest BCUT2D eigenvalue weighted by atomic mass is 10.2. The van der Waals surface area contributed by atoms with Crippen molar-refractivity contribution in [1.82, 2.24) is 19.7 Å². The summed E-state index contributed by atoms with van der Waals surface area (Å²) in [5.74, 6) is 1.29. The van der Waals surface area contributed by atoms with Crippen molar-refractivity contribution in [3.05, 3.63) is 82.8 Å². The standard InChI is InChI=1S/C24H22ClN5OS2/c1-4-12-29-22(18-8-10-19(25)11-9-18)27-28-24(29)33-15-20-14-32-23(26-20)30(17(3)31)21-7-5-6-16(2)13-21/h4-11,13-14H,1,12,15H2,2-3H3. The second-order valence-corrected chi connectivity index (χ2v) is 9.53. The van der Waals surface area contributed by atoms with Crippen molar-refractivity contribution >= 4 is 51.4 Å². The lowest BCUT2D eigenvalue weighted by Gasteiger charge is -2.18. The maximum atomic E-state index is 12.4. The van der Waals surface area contributed by atoms with Crippen molar-refractivity contribution in [2.45, 2.75) is 31.3 Å². The highest BCUT2D eigenvalue weighted by Crippen LogP contribution is 2.32. The van der Waals surface area contributed by atoms with E-state index in [2.05, 4.69) is 16.8 Å². The summed E-state index contributed by atoms with van der Waals surface area (Å²) >= 11 is 9.02. The summed E-state index contributed by atoms with van der Waals surface area (Å²) in [6, 6.07) is 15.4. The molecular weight excluding hydrogens is 474 g/mol. The molecule has 0 saturated carbocycles. The van der Waals surface area contributed by atoms with Gasteiger partial charge in [0.15, 0.2) is 16.1 Å². The van der Waals surface area contributed by atoms with Crippen LogP contribution in [0.4, 0.5) is 10.8 Å². The molecule has 6 nitrogen and oxygen atoms in total. The van der Waals surface area contributed by atoms with E-state index in [1.54, 1.807) is 23.6 Å². The number of aryl methyl sites for hydroxylation is 1. The summed E-state index contributed by atoms with van der Waals surface area (Å²) in [5.41, 5.74) is 3.71. The number of rotatable bonds is 8. The summed E-state index contributed by atoms with van der Waals surface area (Å²) in [7, 11) is 0. The zero-order valence-corrected chi connectivity index (χ0v) is 20.6. The average molecular weight is 496 g/mol. The van der Waals surface area contributed by atoms with E-state index in [1.807, 2.05) is 71.5 Å². The maximum Gasteiger partial charge on any atom is 0.230 e. The molecule has 33 heavy (non-hydrogen) atoms. The first-order chi connectivity index (χ1) is 16.0. The van der Waals surface area contributed by atoms with Crippen molar-refractivity contribution in [2.24, 2.45) is 0 Å². The number of benzene rings is 2. The molecule has 0 unspecified atom stereocenters. The molecule has 0 fully saturated rings. The van der Waals surface area contributed by atoms with Gasteiger partial charge in [-0.3, -0.25) is 14.3 Å². The van der Waals surface area contributed by atoms with Crippen molar-refractivity contribution in [1.29, 1.82) is 0 Å². The fourth-order valence-corrected chi connectivity index (χ4v) is 5.26. The van der Waals surface area contributed by atoms with Gasteiger partial charge in [-0.25, -0.2) is 4.98 Å². The van der Waals surface area contributed by atoms with Crippen LogP contribution in [0, 0.1) is 6.92 Å². The Bertz CT molecular complexity index is 1280. The van der Waals surface area contributed by atoms with E-state index >= 15 is 0 Å². The zero-order chi connectivity index (χ0) is 23.4. The van der Waals surface area contributed by atoms with Gasteiger partial charge < -0.3 is 0 Å². The molecule has 2 aromatic carbocycles. The van der Waals surface area contributed by atoms with Crippen LogP contribution in [0.15, 0.2) is 71.7 Å². The predicted octanol–water partition coefficient (Wildman–Crippen LogP) is 6.53. The molecule has 168 valence electrons. The summed E-state index contributed by atoms with van der Waals surface area (Å²) in [4.78, 5) is 18.7. The van der Waals surface area contributed by atoms with Gasteiger partial charge in [-0.2, -0.15) is 0 Å². The molecule has 0 aliphatic carbocycles. The SMILES string of the molecule is C=CCn1c(SCc2csc(N(C(C)=O)c3cccc(C)c3)n2)nnc1-c1ccc(Cl)cc1. The van der Waals surface area contributed by atoms with Crippen LogP contribution >= 0.6 is 34.7 Å². The first kappa shape index (κ1) is 23.2. The third kappa shape index (κ3) is 5.35. The van der Waals surface area contributed by atoms with Gasteiger partial charge in [-0.1, -0.05) is 41.6 Å². The summed E-state index contributed by atoms with van der Waals surface area (Å²) < 4.78 is 2.02. The van der Waals surface area contributed by atoms with E-state index in [0.29, 0.717) is 22.5 Å². The second-order valence-electron chi connectivity index (χ2n) is 7.32. The minimum absolute atomic E-state index is 0.0764. The smallest absolute Gasteiger partial charge is 0.230 e. The van der Waals surface area contributed by atoms with Crippen LogP contribution in [0.1, 0.15) is 18.2 Å². The quantitative estimate of drug-likeness (QED) is 0.205. The zero-order valence-electron chi connectivity index (χ0n) is 18.2. The third-order valence-corrected chi connectivity index (χ3v) is 6.91. The summed E-state index contributed by atoms with van der Waals surface area (Å²) in [5, 5.41) is 12.8. The van der Waals surface area contributed by atoms with Crippen molar-refractivity contribution in [3.63, 3.8) is 0 Å². The molecular formula is C24H22ClN5OS2. The minimum atomic E-state index is -0.0764. The number of thioether (sulfide) groups is 1. The number of thiazole rings is 1. The Kier molecular flexibility index (Phi) is 7.27. The minimum Gasteiger partial charge on any atom is -0.298 e. The van der Waals surface area contributed by atoms with Crippen LogP contribution in [0.3, 0.4) is 0 Å². The van der Waals surface area contributed by atoms with Crippen LogP contribution < -0.4 is 4.90 Å². The van der Waals surface area contributed by atoms with E-state index in [-0.39, 0.29) is 5.91 Å². The van der Waals surface area contributed by atoms with Crippen molar-refractivity contribution in [3.8, 4) is 11.4 Å². The van der Waals surface area contributed by atoms with E-state index < -0.39 is 0 Å². The largest absolute Gasteiger partial charge is 0.298 e. The average Bonchev–Trinajstić information content (AvgIpc) is 3.40. The number of halogens is 1. The molecule has 0 saturated heterocycles. The Labute approximate surface area is 206 Å². The Hall–Kier alpha value is -2.94. The highest BCUT2D eigenvalue weighted by Gasteiger charge is 2.19. The molecule has 0 N–H and O–H groups in total. The molecule has 4 aromatic rings. The monoisotopic (exact) mass is 495 g/mol. The predicted molar refractivity (Wildman–Crippen MR) is 136 cm³/mol. The number of allylic oxidation sites excluding steroid dienone is 1. The third-order valence-electron chi connectivity index (χ3n) is 4.79. The number of aromatic nitrogens is 4. The lowest BCUT2D eigenvalue weighted by Crippen LogP contribution is -2.22. The van der Waals surface area contributed by atoms with Gasteiger partial charge in [0.25, 0.3) is 0 Å². The molecule has 0 spiro atoms. The van der Waals surface area contributed by atoms with Gasteiger partial charge in [0.05, 0.1) is 11.4 Å². The summed E-state index contributed by atoms with van der Waals surface area (Å²) in [6.07, 6.45) is 1.82. The first-order valence-corrected chi connectivity index (χ1v) is 12.4. The van der Waals surface area contributed by atoms with Crippen molar-refractivity contribution < 1.29 is 4.79 Å². The molecule has 2 heterocycles. The van der Waals surface area contributed by atoms with E-state index in [0.717, 1.165) is 33.5 Å². The molecule has 0 aliphatic rings. The molecule has 0 aliphatic heterocycles. The molecule has 0 radical (unpaired) electrons. The molecule has 2 aromatic heterocycles. The first-order valence-electron chi connectivity index (χ1n) is 10.2. The van der Waals surface area contributed by atoms with Crippen LogP contribution in [0.25, 0.3) is 11.4 Å². The molecule has 4 rings (SSSR count). The van der Waals surface area contributed by atoms with E-state index in [9.17, 15) is 4.79 Å². The number of amides is 1. The fourth-order valence-electron chi connectivity index (χ4n) is 3.30. The van der Waals surface area contributed by atoms with Crippen LogP contribution in [-0.4, -0.2) is 25.7 Å². The number of hydrogen-bond acceptors (Lipinski definition) is 6. The van der Waals surface area contributed by atoms with Gasteiger partial charge in [-0.15, -0.1) is 28.1 Å². The van der Waals surface area contributed by atoms with Gasteiger partial charge in [0, 0.05) is 35.2 Å². The Morgan fingerprint density at radius 1 is 1.24 bits per heavy atom. The fraction of sp³-hybridized carbons (Fsp3) is 0.167. The Morgan fingerprint density at radius 2 is 2.03 bits per heavy atom. The Morgan fingerprint density at radius 3 is 2.73 bits per heavy atom. The van der Waals surface area contributed by atoms with Crippen molar-refractivity contribution in [2.75, 3.05) is 4.90 Å². The lowest BCUT2D eigenvalue weighted by molar-refractivity contribution is -0.115. The van der Waals surface area contributed by atoms with E-state index in [4.69, 9.17) is 16.6 Å². The second kappa shape index (κ2) is 10.3. The number of hydrogen-bond donors (Lipinski definition) is 0. The summed E-state index contributed by atoms with van der Waals surface area (Å²) in [6.45, 7) is 8.00. The number of carbonyl (C=O) groups excluding carboxylic acids is 1. The van der Waals surface area contributed by atoms with E-state index in [1.165, 1.54) is 11.3 Å². The van der Waals surface area contributed by atoms with Gasteiger partial charge in [0.2, 0.25) is 5.91 Å². The highest BCUT2D eigenvalue weighted by atomic mass is 35.5. The number of nitrogens with zero attached hydrogens (tertiary/aromatic N) is 5. The highest BCUT2D eigenvalue weighted by molar-refractivity contribution is 7.98. The van der Waals surface area contributed by atoms with Crippen LogP contribution in [0.5, 0.6) is 0 Å². The molecule has 0 atom stereocenters. The van der Waals surface area contributed by atoms with Gasteiger partial charge >= 0.3 is 0 Å². The molecule has 9 heteroatoms. The van der Waals surface area contributed by atoms with Gasteiger partial charge in [-0.05, 0) is 48.9 Å². The normalized spacial score (nSPS) is 10.9. The molecule has 1 amide bonds. The van der Waals surface area contributed by atoms with Crippen LogP contribution in [-0.2, 0) is 17.1 Å².